The van der Waals surface area contributed by atoms with Crippen LogP contribution < -0.4 is 4.74 Å². The van der Waals surface area contributed by atoms with E-state index in [1.165, 1.54) is 50.0 Å². The maximum Gasteiger partial charge on any atom is 0.119 e. The first-order valence-electron chi connectivity index (χ1n) is 13.7. The zero-order valence-corrected chi connectivity index (χ0v) is 22.5. The van der Waals surface area contributed by atoms with Gasteiger partial charge < -0.3 is 9.30 Å². The smallest absolute Gasteiger partial charge is 0.119 e. The number of aryl methyl sites for hydroxylation is 1. The molecule has 192 valence electrons. The van der Waals surface area contributed by atoms with E-state index >= 15 is 0 Å². The summed E-state index contributed by atoms with van der Waals surface area (Å²) in [6.45, 7) is 2.70. The maximum absolute atomic E-state index is 5.61. The van der Waals surface area contributed by atoms with Crippen molar-refractivity contribution in [2.45, 2.75) is 13.3 Å². The van der Waals surface area contributed by atoms with Gasteiger partial charge in [-0.15, -0.1) is 0 Å². The molecule has 5 aromatic rings. The summed E-state index contributed by atoms with van der Waals surface area (Å²) >= 11 is 0. The molecule has 0 spiro atoms. The van der Waals surface area contributed by atoms with Crippen LogP contribution in [-0.2, 0) is 13.5 Å². The number of hydrogen-bond donors (Lipinski definition) is 0. The summed E-state index contributed by atoms with van der Waals surface area (Å²) in [7, 11) is 2.18. The van der Waals surface area contributed by atoms with E-state index in [1.54, 1.807) is 0 Å². The first-order chi connectivity index (χ1) is 19.2. The first-order valence-corrected chi connectivity index (χ1v) is 13.7. The molecule has 0 unspecified atom stereocenters. The third-order valence-corrected chi connectivity index (χ3v) is 7.51. The number of aromatic nitrogens is 1. The molecular weight excluding hydrogens is 474 g/mol. The fourth-order valence-electron chi connectivity index (χ4n) is 5.68. The molecule has 1 aliphatic carbocycles. The van der Waals surface area contributed by atoms with Crippen molar-refractivity contribution >= 4 is 16.5 Å². The van der Waals surface area contributed by atoms with Gasteiger partial charge in [-0.1, -0.05) is 115 Å². The molecular formula is C37H33NO. The molecule has 0 aliphatic heterocycles. The SMILES string of the molecule is CCOc1ccc(CC2C=CC(=C(c3ccccc3)c3c(-c4ccccc4)n(C)c4ccccc34)C=C2)cc1. The number of fused-ring (bicyclic) bond motifs is 1. The number of ether oxygens (including phenoxy) is 1. The van der Waals surface area contributed by atoms with Crippen LogP contribution in [0.25, 0.3) is 27.7 Å². The second-order valence-corrected chi connectivity index (χ2v) is 10.0. The molecule has 2 nitrogen and oxygen atoms in total. The Morgan fingerprint density at radius 2 is 1.38 bits per heavy atom. The van der Waals surface area contributed by atoms with E-state index in [1.807, 2.05) is 6.92 Å². The highest BCUT2D eigenvalue weighted by Crippen LogP contribution is 2.42. The molecule has 0 fully saturated rings. The normalized spacial score (nSPS) is 14.6. The lowest BCUT2D eigenvalue weighted by Gasteiger charge is -2.18. The van der Waals surface area contributed by atoms with Crippen LogP contribution in [0.4, 0.5) is 0 Å². The Labute approximate surface area is 231 Å². The van der Waals surface area contributed by atoms with E-state index in [4.69, 9.17) is 4.74 Å². The van der Waals surface area contributed by atoms with Crippen LogP contribution in [0.1, 0.15) is 23.6 Å². The second kappa shape index (κ2) is 11.0. The fourth-order valence-corrected chi connectivity index (χ4v) is 5.68. The van der Waals surface area contributed by atoms with Gasteiger partial charge in [0.2, 0.25) is 0 Å². The third kappa shape index (κ3) is 4.98. The summed E-state index contributed by atoms with van der Waals surface area (Å²) in [6.07, 6.45) is 10.3. The Hall–Kier alpha value is -4.56. The molecule has 39 heavy (non-hydrogen) atoms. The highest BCUT2D eigenvalue weighted by Gasteiger charge is 2.23. The lowest BCUT2D eigenvalue weighted by atomic mass is 9.86. The van der Waals surface area contributed by atoms with Gasteiger partial charge in [-0.25, -0.2) is 0 Å². The standard InChI is InChI=1S/C37H33NO/c1-3-39-32-24-20-28(21-25-32)26-27-18-22-30(23-19-27)35(29-12-6-4-7-13-29)36-33-16-10-11-17-34(33)38(2)37(36)31-14-8-5-9-15-31/h4-25,27H,3,26H2,1-2H3. The minimum Gasteiger partial charge on any atom is -0.494 e. The van der Waals surface area contributed by atoms with Crippen LogP contribution in [0.15, 0.2) is 139 Å². The van der Waals surface area contributed by atoms with Gasteiger partial charge in [0.05, 0.1) is 12.3 Å². The average Bonchev–Trinajstić information content (AvgIpc) is 3.28. The largest absolute Gasteiger partial charge is 0.494 e. The summed E-state index contributed by atoms with van der Waals surface area (Å²) < 4.78 is 7.96. The highest BCUT2D eigenvalue weighted by molar-refractivity contribution is 6.05. The predicted octanol–water partition coefficient (Wildman–Crippen LogP) is 9.03. The van der Waals surface area contributed by atoms with Crippen molar-refractivity contribution in [1.82, 2.24) is 4.57 Å². The van der Waals surface area contributed by atoms with Crippen LogP contribution in [0.5, 0.6) is 5.75 Å². The second-order valence-electron chi connectivity index (χ2n) is 10.0. The Morgan fingerprint density at radius 3 is 2.08 bits per heavy atom. The molecule has 1 heterocycles. The van der Waals surface area contributed by atoms with E-state index in [9.17, 15) is 0 Å². The summed E-state index contributed by atoms with van der Waals surface area (Å²) in [4.78, 5) is 0. The highest BCUT2D eigenvalue weighted by atomic mass is 16.5. The van der Waals surface area contributed by atoms with Gasteiger partial charge >= 0.3 is 0 Å². The molecule has 2 heteroatoms. The molecule has 0 N–H and O–H groups in total. The zero-order valence-electron chi connectivity index (χ0n) is 22.5. The van der Waals surface area contributed by atoms with Crippen molar-refractivity contribution < 1.29 is 4.74 Å². The van der Waals surface area contributed by atoms with Crippen LogP contribution >= 0.6 is 0 Å². The summed E-state index contributed by atoms with van der Waals surface area (Å²) in [5.41, 5.74) is 10.0. The number of hydrogen-bond acceptors (Lipinski definition) is 1. The van der Waals surface area contributed by atoms with E-state index in [0.717, 1.165) is 12.2 Å². The summed E-state index contributed by atoms with van der Waals surface area (Å²) in [6, 6.07) is 38.8. The quantitative estimate of drug-likeness (QED) is 0.214. The number of benzene rings is 4. The molecule has 6 rings (SSSR count). The molecule has 1 aromatic heterocycles. The van der Waals surface area contributed by atoms with Gasteiger partial charge in [-0.05, 0) is 65.3 Å². The fraction of sp³-hybridized carbons (Fsp3) is 0.135. The predicted molar refractivity (Wildman–Crippen MR) is 164 cm³/mol. The van der Waals surface area contributed by atoms with Crippen LogP contribution in [0, 0.1) is 5.92 Å². The molecule has 0 bridgehead atoms. The van der Waals surface area contributed by atoms with Gasteiger partial charge in [0, 0.05) is 23.5 Å². The van der Waals surface area contributed by atoms with Crippen LogP contribution in [-0.4, -0.2) is 11.2 Å². The van der Waals surface area contributed by atoms with Crippen LogP contribution in [0.2, 0.25) is 0 Å². The lowest BCUT2D eigenvalue weighted by Crippen LogP contribution is -2.03. The maximum atomic E-state index is 5.61. The van der Waals surface area contributed by atoms with Crippen LogP contribution in [0.3, 0.4) is 0 Å². The van der Waals surface area contributed by atoms with Crippen molar-refractivity contribution in [2.24, 2.45) is 13.0 Å². The van der Waals surface area contributed by atoms with Crippen molar-refractivity contribution in [3.8, 4) is 17.0 Å². The Bertz CT molecular complexity index is 1650. The van der Waals surface area contributed by atoms with Crippen molar-refractivity contribution in [2.75, 3.05) is 6.61 Å². The minimum atomic E-state index is 0.352. The molecule has 0 atom stereocenters. The van der Waals surface area contributed by atoms with Crippen molar-refractivity contribution in [3.05, 3.63) is 156 Å². The third-order valence-electron chi connectivity index (χ3n) is 7.51. The number of rotatable bonds is 7. The van der Waals surface area contributed by atoms with Crippen molar-refractivity contribution in [1.29, 1.82) is 0 Å². The van der Waals surface area contributed by atoms with Gasteiger partial charge in [0.1, 0.15) is 5.75 Å². The number of para-hydroxylation sites is 1. The minimum absolute atomic E-state index is 0.352. The molecule has 0 saturated carbocycles. The molecule has 1 aliphatic rings. The summed E-state index contributed by atoms with van der Waals surface area (Å²) in [5, 5.41) is 1.27. The Morgan fingerprint density at radius 1 is 0.744 bits per heavy atom. The van der Waals surface area contributed by atoms with E-state index < -0.39 is 0 Å². The number of allylic oxidation sites excluding steroid dienone is 5. The van der Waals surface area contributed by atoms with Crippen molar-refractivity contribution in [3.63, 3.8) is 0 Å². The zero-order chi connectivity index (χ0) is 26.6. The molecule has 0 radical (unpaired) electrons. The van der Waals surface area contributed by atoms with Gasteiger partial charge in [-0.3, -0.25) is 0 Å². The Kier molecular flexibility index (Phi) is 7.01. The lowest BCUT2D eigenvalue weighted by molar-refractivity contribution is 0.340. The first kappa shape index (κ1) is 24.8. The van der Waals surface area contributed by atoms with E-state index in [0.29, 0.717) is 12.5 Å². The molecule has 0 saturated heterocycles. The Balaban J connectivity index is 1.46. The van der Waals surface area contributed by atoms with E-state index in [-0.39, 0.29) is 0 Å². The van der Waals surface area contributed by atoms with Gasteiger partial charge in [0.15, 0.2) is 0 Å². The monoisotopic (exact) mass is 507 g/mol. The molecule has 4 aromatic carbocycles. The van der Waals surface area contributed by atoms with Gasteiger partial charge in [0.25, 0.3) is 0 Å². The average molecular weight is 508 g/mol. The van der Waals surface area contributed by atoms with Gasteiger partial charge in [-0.2, -0.15) is 0 Å². The summed E-state index contributed by atoms with van der Waals surface area (Å²) in [5.74, 6) is 1.28. The topological polar surface area (TPSA) is 14.2 Å². The molecule has 0 amide bonds. The van der Waals surface area contributed by atoms with E-state index in [2.05, 4.69) is 145 Å². The number of nitrogens with zero attached hydrogens (tertiary/aromatic N) is 1.